The lowest BCUT2D eigenvalue weighted by Crippen LogP contribution is -2.44. The number of rotatable bonds is 5. The molecule has 0 aliphatic carbocycles. The van der Waals surface area contributed by atoms with Crippen molar-refractivity contribution in [3.63, 3.8) is 0 Å². The van der Waals surface area contributed by atoms with Crippen LogP contribution in [0.5, 0.6) is 0 Å². The van der Waals surface area contributed by atoms with Crippen molar-refractivity contribution in [2.24, 2.45) is 0 Å². The number of ether oxygens (including phenoxy) is 1. The molecule has 126 valence electrons. The average Bonchev–Trinajstić information content (AvgIpc) is 2.54. The van der Waals surface area contributed by atoms with E-state index < -0.39 is 0 Å². The van der Waals surface area contributed by atoms with Crippen LogP contribution in [0.4, 0.5) is 10.5 Å². The van der Waals surface area contributed by atoms with E-state index in [1.807, 2.05) is 24.3 Å². The minimum absolute atomic E-state index is 0.0178. The molecule has 0 radical (unpaired) electrons. The molecular weight excluding hydrogens is 296 g/mol. The lowest BCUT2D eigenvalue weighted by Gasteiger charge is -2.23. The number of anilines is 1. The fourth-order valence-corrected chi connectivity index (χ4v) is 2.24. The molecule has 3 amide bonds. The van der Waals surface area contributed by atoms with Gasteiger partial charge in [-0.3, -0.25) is 4.79 Å². The van der Waals surface area contributed by atoms with Crippen LogP contribution in [0.2, 0.25) is 0 Å². The Bertz CT molecular complexity index is 542. The predicted octanol–water partition coefficient (Wildman–Crippen LogP) is 0.775. The molecule has 7 heteroatoms. The molecule has 2 rings (SSSR count). The molecule has 0 saturated carbocycles. The van der Waals surface area contributed by atoms with Crippen molar-refractivity contribution in [1.82, 2.24) is 15.5 Å². The van der Waals surface area contributed by atoms with E-state index in [0.717, 1.165) is 12.1 Å². The number of nitrogens with zero attached hydrogens (tertiary/aromatic N) is 1. The number of hydrogen-bond donors (Lipinski definition) is 3. The number of benzene rings is 1. The van der Waals surface area contributed by atoms with Gasteiger partial charge in [0.2, 0.25) is 5.91 Å². The van der Waals surface area contributed by atoms with Crippen molar-refractivity contribution in [2.45, 2.75) is 19.0 Å². The fraction of sp³-hybridized carbons (Fsp3) is 0.500. The second-order valence-electron chi connectivity index (χ2n) is 5.73. The van der Waals surface area contributed by atoms with Crippen LogP contribution in [-0.2, 0) is 16.1 Å². The van der Waals surface area contributed by atoms with Crippen LogP contribution in [0.15, 0.2) is 24.3 Å². The van der Waals surface area contributed by atoms with Gasteiger partial charge >= 0.3 is 6.03 Å². The Morgan fingerprint density at radius 1 is 1.39 bits per heavy atom. The Kier molecular flexibility index (Phi) is 6.37. The highest BCUT2D eigenvalue weighted by atomic mass is 16.5. The molecule has 1 aromatic carbocycles. The summed E-state index contributed by atoms with van der Waals surface area (Å²) in [5, 5.41) is 8.93. The molecule has 1 fully saturated rings. The molecule has 0 spiro atoms. The van der Waals surface area contributed by atoms with Gasteiger partial charge in [-0.2, -0.15) is 0 Å². The normalized spacial score (nSPS) is 17.4. The van der Waals surface area contributed by atoms with Gasteiger partial charge in [0.05, 0.1) is 13.2 Å². The van der Waals surface area contributed by atoms with E-state index in [0.29, 0.717) is 31.9 Å². The third-order valence-electron chi connectivity index (χ3n) is 3.50. The Balaban J connectivity index is 1.80. The molecule has 1 heterocycles. The molecule has 23 heavy (non-hydrogen) atoms. The number of carbonyl (C=O) groups excluding carboxylic acids is 2. The number of nitrogens with one attached hydrogen (secondary N) is 3. The second-order valence-corrected chi connectivity index (χ2v) is 5.73. The number of carbonyl (C=O) groups is 2. The second kappa shape index (κ2) is 8.50. The maximum absolute atomic E-state index is 12.0. The SMILES string of the molecule is CN(C)C(=O)Nc1cccc(CNC(=O)CC2COCCN2)c1. The number of morpholine rings is 1. The van der Waals surface area contributed by atoms with E-state index in [4.69, 9.17) is 4.74 Å². The first-order chi connectivity index (χ1) is 11.0. The van der Waals surface area contributed by atoms with Crippen LogP contribution in [0.1, 0.15) is 12.0 Å². The monoisotopic (exact) mass is 320 g/mol. The smallest absolute Gasteiger partial charge is 0.321 e. The Morgan fingerprint density at radius 2 is 2.22 bits per heavy atom. The van der Waals surface area contributed by atoms with Crippen molar-refractivity contribution in [1.29, 1.82) is 0 Å². The summed E-state index contributed by atoms with van der Waals surface area (Å²) in [5.41, 5.74) is 1.64. The first-order valence-electron chi connectivity index (χ1n) is 7.69. The first-order valence-corrected chi connectivity index (χ1v) is 7.69. The summed E-state index contributed by atoms with van der Waals surface area (Å²) >= 11 is 0. The van der Waals surface area contributed by atoms with Gasteiger partial charge in [0, 0.05) is 45.3 Å². The van der Waals surface area contributed by atoms with Crippen molar-refractivity contribution in [3.8, 4) is 0 Å². The fourth-order valence-electron chi connectivity index (χ4n) is 2.24. The van der Waals surface area contributed by atoms with Gasteiger partial charge in [-0.25, -0.2) is 4.79 Å². The van der Waals surface area contributed by atoms with Crippen LogP contribution < -0.4 is 16.0 Å². The van der Waals surface area contributed by atoms with Crippen LogP contribution >= 0.6 is 0 Å². The summed E-state index contributed by atoms with van der Waals surface area (Å²) in [6.45, 7) is 2.48. The van der Waals surface area contributed by atoms with Gasteiger partial charge in [0.1, 0.15) is 0 Å². The summed E-state index contributed by atoms with van der Waals surface area (Å²) in [7, 11) is 3.37. The van der Waals surface area contributed by atoms with Crippen LogP contribution in [0.3, 0.4) is 0 Å². The van der Waals surface area contributed by atoms with Crippen molar-refractivity contribution in [2.75, 3.05) is 39.2 Å². The summed E-state index contributed by atoms with van der Waals surface area (Å²) in [6.07, 6.45) is 0.400. The van der Waals surface area contributed by atoms with Gasteiger partial charge in [-0.05, 0) is 17.7 Å². The van der Waals surface area contributed by atoms with E-state index in [9.17, 15) is 9.59 Å². The minimum atomic E-state index is -0.186. The lowest BCUT2D eigenvalue weighted by atomic mass is 10.1. The molecule has 1 saturated heterocycles. The number of amides is 3. The molecule has 0 bridgehead atoms. The third-order valence-corrected chi connectivity index (χ3v) is 3.50. The van der Waals surface area contributed by atoms with E-state index >= 15 is 0 Å². The van der Waals surface area contributed by atoms with Gasteiger partial charge in [0.25, 0.3) is 0 Å². The third kappa shape index (κ3) is 5.88. The number of hydrogen-bond acceptors (Lipinski definition) is 4. The van der Waals surface area contributed by atoms with Crippen LogP contribution in [-0.4, -0.2) is 56.7 Å². The van der Waals surface area contributed by atoms with Crippen LogP contribution in [0.25, 0.3) is 0 Å². The molecule has 7 nitrogen and oxygen atoms in total. The average molecular weight is 320 g/mol. The van der Waals surface area contributed by atoms with Gasteiger partial charge in [0.15, 0.2) is 0 Å². The summed E-state index contributed by atoms with van der Waals surface area (Å²) in [5.74, 6) is -0.0178. The molecule has 1 aromatic rings. The first kappa shape index (κ1) is 17.2. The summed E-state index contributed by atoms with van der Waals surface area (Å²) in [6, 6.07) is 7.32. The lowest BCUT2D eigenvalue weighted by molar-refractivity contribution is -0.122. The van der Waals surface area contributed by atoms with E-state index in [-0.39, 0.29) is 18.0 Å². The zero-order valence-electron chi connectivity index (χ0n) is 13.6. The topological polar surface area (TPSA) is 82.7 Å². The highest BCUT2D eigenvalue weighted by Crippen LogP contribution is 2.11. The number of urea groups is 1. The minimum Gasteiger partial charge on any atom is -0.378 e. The quantitative estimate of drug-likeness (QED) is 0.748. The standard InChI is InChI=1S/C16H24N4O3/c1-20(2)16(22)19-13-5-3-4-12(8-13)10-18-15(21)9-14-11-23-7-6-17-14/h3-5,8,14,17H,6-7,9-11H2,1-2H3,(H,18,21)(H,19,22). The highest BCUT2D eigenvalue weighted by molar-refractivity contribution is 5.89. The zero-order valence-corrected chi connectivity index (χ0v) is 13.6. The van der Waals surface area contributed by atoms with Crippen molar-refractivity contribution in [3.05, 3.63) is 29.8 Å². The Labute approximate surface area is 136 Å². The Hall–Kier alpha value is -2.12. The maximum atomic E-state index is 12.0. The molecule has 1 aliphatic heterocycles. The largest absolute Gasteiger partial charge is 0.378 e. The molecule has 0 aromatic heterocycles. The molecule has 1 unspecified atom stereocenters. The van der Waals surface area contributed by atoms with Gasteiger partial charge in [-0.15, -0.1) is 0 Å². The van der Waals surface area contributed by atoms with E-state index in [1.165, 1.54) is 4.90 Å². The highest BCUT2D eigenvalue weighted by Gasteiger charge is 2.16. The van der Waals surface area contributed by atoms with Gasteiger partial charge in [-0.1, -0.05) is 12.1 Å². The summed E-state index contributed by atoms with van der Waals surface area (Å²) < 4.78 is 5.33. The van der Waals surface area contributed by atoms with Crippen LogP contribution in [0, 0.1) is 0 Å². The van der Waals surface area contributed by atoms with Crippen molar-refractivity contribution < 1.29 is 14.3 Å². The van der Waals surface area contributed by atoms with Gasteiger partial charge < -0.3 is 25.6 Å². The van der Waals surface area contributed by atoms with E-state index in [1.54, 1.807) is 14.1 Å². The molecular formula is C16H24N4O3. The van der Waals surface area contributed by atoms with E-state index in [2.05, 4.69) is 16.0 Å². The summed E-state index contributed by atoms with van der Waals surface area (Å²) in [4.78, 5) is 25.1. The molecule has 1 atom stereocenters. The predicted molar refractivity (Wildman–Crippen MR) is 88.2 cm³/mol. The Morgan fingerprint density at radius 3 is 2.91 bits per heavy atom. The zero-order chi connectivity index (χ0) is 16.7. The molecule has 3 N–H and O–H groups in total. The van der Waals surface area contributed by atoms with Crippen molar-refractivity contribution >= 4 is 17.6 Å². The molecule has 1 aliphatic rings. The maximum Gasteiger partial charge on any atom is 0.321 e.